The molecule has 154 valence electrons. The number of phenolic OH excluding ortho intramolecular Hbond substituents is 1. The first-order chi connectivity index (χ1) is 12.8. The maximum absolute atomic E-state index is 14.3. The zero-order valence-electron chi connectivity index (χ0n) is 16.0. The molecule has 28 heavy (non-hydrogen) atoms. The van der Waals surface area contributed by atoms with Gasteiger partial charge < -0.3 is 5.11 Å². The Morgan fingerprint density at radius 1 is 0.679 bits per heavy atom. The molecule has 2 rings (SSSR count). The summed E-state index contributed by atoms with van der Waals surface area (Å²) in [6.07, 6.45) is -11.1. The van der Waals surface area contributed by atoms with Crippen LogP contribution in [0.25, 0.3) is 0 Å². The summed E-state index contributed by atoms with van der Waals surface area (Å²) in [6.45, 7) is 6.05. The molecule has 0 aromatic heterocycles. The molecule has 0 radical (unpaired) electrons. The second kappa shape index (κ2) is 7.33. The second-order valence-corrected chi connectivity index (χ2v) is 6.97. The van der Waals surface area contributed by atoms with Crippen LogP contribution in [0.5, 0.6) is 5.75 Å². The minimum Gasteiger partial charge on any atom is -0.507 e. The van der Waals surface area contributed by atoms with Crippen LogP contribution in [0.15, 0.2) is 30.3 Å². The van der Waals surface area contributed by atoms with E-state index in [0.29, 0.717) is 11.1 Å². The first kappa shape index (κ1) is 22.1. The highest BCUT2D eigenvalue weighted by atomic mass is 19.4. The Balaban J connectivity index is 3.06. The summed E-state index contributed by atoms with van der Waals surface area (Å²) >= 11 is 0. The molecule has 0 heterocycles. The van der Waals surface area contributed by atoms with E-state index in [2.05, 4.69) is 0 Å². The lowest BCUT2D eigenvalue weighted by molar-refractivity contribution is -0.288. The number of rotatable bonds is 4. The van der Waals surface area contributed by atoms with Gasteiger partial charge in [0.15, 0.2) is 0 Å². The van der Waals surface area contributed by atoms with Crippen molar-refractivity contribution in [2.75, 3.05) is 0 Å². The molecule has 0 aliphatic carbocycles. The molecular weight excluding hydrogens is 382 g/mol. The van der Waals surface area contributed by atoms with E-state index in [-0.39, 0.29) is 29.7 Å². The van der Waals surface area contributed by atoms with Crippen LogP contribution in [0, 0.1) is 13.8 Å². The van der Waals surface area contributed by atoms with E-state index in [9.17, 15) is 31.4 Å². The largest absolute Gasteiger partial charge is 0.507 e. The Morgan fingerprint density at radius 3 is 1.36 bits per heavy atom. The average molecular weight is 404 g/mol. The lowest BCUT2D eigenvalue weighted by Crippen LogP contribution is -2.55. The Bertz CT molecular complexity index is 805. The molecular formula is C21H22F6O. The number of aryl methyl sites for hydroxylation is 4. The summed E-state index contributed by atoms with van der Waals surface area (Å²) in [5.41, 5.74) is -5.29. The summed E-state index contributed by atoms with van der Waals surface area (Å²) < 4.78 is 85.8. The highest BCUT2D eigenvalue weighted by Crippen LogP contribution is 2.57. The quantitative estimate of drug-likeness (QED) is 0.574. The van der Waals surface area contributed by atoms with E-state index >= 15 is 0 Å². The fourth-order valence-electron chi connectivity index (χ4n) is 3.69. The molecule has 0 atom stereocenters. The average Bonchev–Trinajstić information content (AvgIpc) is 2.52. The minimum absolute atomic E-state index is 0.0524. The van der Waals surface area contributed by atoms with E-state index in [4.69, 9.17) is 0 Å². The van der Waals surface area contributed by atoms with Gasteiger partial charge in [-0.15, -0.1) is 0 Å². The SMILES string of the molecule is CCc1cc(C(c2cc(C)cc(C)c2)(C(F)(F)F)C(F)(F)F)cc(CC)c1O. The lowest BCUT2D eigenvalue weighted by Gasteiger charge is -2.39. The highest BCUT2D eigenvalue weighted by Gasteiger charge is 2.72. The van der Waals surface area contributed by atoms with Crippen LogP contribution >= 0.6 is 0 Å². The van der Waals surface area contributed by atoms with Gasteiger partial charge in [0.05, 0.1) is 0 Å². The van der Waals surface area contributed by atoms with Gasteiger partial charge >= 0.3 is 12.4 Å². The maximum Gasteiger partial charge on any atom is 0.411 e. The van der Waals surface area contributed by atoms with E-state index in [1.807, 2.05) is 0 Å². The number of phenols is 1. The third-order valence-electron chi connectivity index (χ3n) is 4.97. The molecule has 2 aromatic rings. The van der Waals surface area contributed by atoms with Gasteiger partial charge in [0.25, 0.3) is 0 Å². The van der Waals surface area contributed by atoms with Crippen LogP contribution in [0.4, 0.5) is 26.3 Å². The lowest BCUT2D eigenvalue weighted by atomic mass is 9.71. The third kappa shape index (κ3) is 3.47. The van der Waals surface area contributed by atoms with Crippen molar-refractivity contribution in [1.82, 2.24) is 0 Å². The third-order valence-corrected chi connectivity index (χ3v) is 4.97. The zero-order valence-corrected chi connectivity index (χ0v) is 16.0. The maximum atomic E-state index is 14.3. The van der Waals surface area contributed by atoms with Crippen LogP contribution < -0.4 is 0 Å². The van der Waals surface area contributed by atoms with Gasteiger partial charge in [-0.1, -0.05) is 55.3 Å². The number of benzene rings is 2. The van der Waals surface area contributed by atoms with Gasteiger partial charge in [-0.25, -0.2) is 0 Å². The van der Waals surface area contributed by atoms with Gasteiger partial charge in [-0.05, 0) is 48.9 Å². The molecule has 0 unspecified atom stereocenters. The van der Waals surface area contributed by atoms with E-state index in [1.54, 1.807) is 13.8 Å². The van der Waals surface area contributed by atoms with E-state index in [1.165, 1.54) is 19.9 Å². The van der Waals surface area contributed by atoms with Crippen molar-refractivity contribution in [2.24, 2.45) is 0 Å². The summed E-state index contributed by atoms with van der Waals surface area (Å²) in [7, 11) is 0. The molecule has 0 spiro atoms. The second-order valence-electron chi connectivity index (χ2n) is 6.97. The van der Waals surface area contributed by atoms with Gasteiger partial charge in [0.1, 0.15) is 5.75 Å². The Labute approximate surface area is 160 Å². The molecule has 0 amide bonds. The normalized spacial score (nSPS) is 13.1. The van der Waals surface area contributed by atoms with Crippen molar-refractivity contribution < 1.29 is 31.4 Å². The number of aromatic hydroxyl groups is 1. The minimum atomic E-state index is -5.64. The molecule has 0 saturated carbocycles. The molecule has 0 saturated heterocycles. The molecule has 0 bridgehead atoms. The predicted molar refractivity (Wildman–Crippen MR) is 95.7 cm³/mol. The van der Waals surface area contributed by atoms with Crippen molar-refractivity contribution in [3.63, 3.8) is 0 Å². The van der Waals surface area contributed by atoms with Crippen LogP contribution in [0.3, 0.4) is 0 Å². The number of hydrogen-bond donors (Lipinski definition) is 1. The van der Waals surface area contributed by atoms with Crippen LogP contribution in [0.1, 0.15) is 47.2 Å². The van der Waals surface area contributed by atoms with Crippen molar-refractivity contribution in [3.05, 3.63) is 63.7 Å². The monoisotopic (exact) mass is 404 g/mol. The van der Waals surface area contributed by atoms with Gasteiger partial charge in [0, 0.05) is 0 Å². The van der Waals surface area contributed by atoms with Crippen molar-refractivity contribution in [3.8, 4) is 5.75 Å². The fraction of sp³-hybridized carbons (Fsp3) is 0.429. The standard InChI is InChI=1S/C21H22F6O/c1-5-14-10-17(11-15(6-2)18(14)28)19(20(22,23)24,21(25,26)27)16-8-12(3)7-13(4)9-16/h7-11,28H,5-6H2,1-4H3. The molecule has 1 N–H and O–H groups in total. The molecule has 0 aliphatic rings. The Morgan fingerprint density at radius 2 is 1.04 bits per heavy atom. The smallest absolute Gasteiger partial charge is 0.411 e. The molecule has 2 aromatic carbocycles. The number of hydrogen-bond acceptors (Lipinski definition) is 1. The molecule has 1 nitrogen and oxygen atoms in total. The van der Waals surface area contributed by atoms with Crippen molar-refractivity contribution in [1.29, 1.82) is 0 Å². The number of halogens is 6. The van der Waals surface area contributed by atoms with Gasteiger partial charge in [0.2, 0.25) is 5.41 Å². The topological polar surface area (TPSA) is 20.2 Å². The van der Waals surface area contributed by atoms with Crippen LogP contribution in [-0.4, -0.2) is 17.5 Å². The van der Waals surface area contributed by atoms with Crippen LogP contribution in [-0.2, 0) is 18.3 Å². The van der Waals surface area contributed by atoms with Gasteiger partial charge in [-0.2, -0.15) is 26.3 Å². The fourth-order valence-corrected chi connectivity index (χ4v) is 3.69. The predicted octanol–water partition coefficient (Wildman–Crippen LogP) is 6.54. The Hall–Kier alpha value is -2.18. The first-order valence-corrected chi connectivity index (χ1v) is 8.87. The summed E-state index contributed by atoms with van der Waals surface area (Å²) in [4.78, 5) is 0. The molecule has 7 heteroatoms. The van der Waals surface area contributed by atoms with E-state index in [0.717, 1.165) is 24.3 Å². The highest BCUT2D eigenvalue weighted by molar-refractivity contribution is 5.53. The number of alkyl halides is 6. The van der Waals surface area contributed by atoms with Crippen LogP contribution in [0.2, 0.25) is 0 Å². The van der Waals surface area contributed by atoms with Gasteiger partial charge in [-0.3, -0.25) is 0 Å². The summed E-state index contributed by atoms with van der Waals surface area (Å²) in [6, 6.07) is 5.03. The van der Waals surface area contributed by atoms with Crippen molar-refractivity contribution in [2.45, 2.75) is 58.3 Å². The molecule has 0 aliphatic heterocycles. The van der Waals surface area contributed by atoms with Crippen molar-refractivity contribution >= 4 is 0 Å². The molecule has 0 fully saturated rings. The van der Waals surface area contributed by atoms with E-state index < -0.39 is 28.9 Å². The summed E-state index contributed by atoms with van der Waals surface area (Å²) in [5, 5.41) is 10.2. The summed E-state index contributed by atoms with van der Waals surface area (Å²) in [5.74, 6) is -0.257. The first-order valence-electron chi connectivity index (χ1n) is 8.87. The Kier molecular flexibility index (Phi) is 5.79. The zero-order chi connectivity index (χ0) is 21.5.